The van der Waals surface area contributed by atoms with Gasteiger partial charge in [-0.05, 0) is 93.4 Å². The normalized spacial score (nSPS) is 20.5. The van der Waals surface area contributed by atoms with E-state index in [4.69, 9.17) is 0 Å². The third-order valence-electron chi connectivity index (χ3n) is 5.95. The maximum absolute atomic E-state index is 12.9. The Balaban J connectivity index is 1.72. The number of rotatable bonds is 3. The number of anilines is 1. The number of carbonyl (C=O) groups excluding carboxylic acids is 1. The second-order valence-electron chi connectivity index (χ2n) is 8.66. The van der Waals surface area contributed by atoms with Crippen molar-refractivity contribution >= 4 is 45.9 Å². The summed E-state index contributed by atoms with van der Waals surface area (Å²) >= 11 is 1.43. The number of thioether (sulfide) groups is 1. The first-order valence-electron chi connectivity index (χ1n) is 10.6. The van der Waals surface area contributed by atoms with E-state index in [1.165, 1.54) is 34.1 Å². The number of aryl methyl sites for hydroxylation is 1. The molecule has 160 valence electrons. The SMILES string of the molecule is CCN1c2cc(C)c(/C=C3/SC(=Nc4ccccc4)N(C)C3=O)cc2C(C)=CC1(C)C. The van der Waals surface area contributed by atoms with E-state index in [1.807, 2.05) is 36.4 Å². The molecule has 4 rings (SSSR count). The van der Waals surface area contributed by atoms with Gasteiger partial charge in [-0.2, -0.15) is 0 Å². The summed E-state index contributed by atoms with van der Waals surface area (Å²) in [5, 5.41) is 0.702. The molecule has 0 spiro atoms. The van der Waals surface area contributed by atoms with Gasteiger partial charge in [-0.1, -0.05) is 24.3 Å². The lowest BCUT2D eigenvalue weighted by atomic mass is 9.87. The predicted molar refractivity (Wildman–Crippen MR) is 134 cm³/mol. The molecule has 31 heavy (non-hydrogen) atoms. The summed E-state index contributed by atoms with van der Waals surface area (Å²) in [6.07, 6.45) is 4.34. The van der Waals surface area contributed by atoms with E-state index in [1.54, 1.807) is 11.9 Å². The van der Waals surface area contributed by atoms with Crippen LogP contribution in [0.5, 0.6) is 0 Å². The number of carbonyl (C=O) groups is 1. The van der Waals surface area contributed by atoms with Gasteiger partial charge in [-0.15, -0.1) is 0 Å². The van der Waals surface area contributed by atoms with E-state index >= 15 is 0 Å². The molecule has 0 aromatic heterocycles. The van der Waals surface area contributed by atoms with E-state index in [9.17, 15) is 4.79 Å². The van der Waals surface area contributed by atoms with Crippen LogP contribution in [0.3, 0.4) is 0 Å². The first kappa shape index (κ1) is 21.4. The zero-order valence-electron chi connectivity index (χ0n) is 19.1. The molecule has 5 heteroatoms. The summed E-state index contributed by atoms with van der Waals surface area (Å²) in [5.41, 5.74) is 6.85. The second-order valence-corrected chi connectivity index (χ2v) is 9.67. The van der Waals surface area contributed by atoms with Gasteiger partial charge < -0.3 is 4.90 Å². The minimum absolute atomic E-state index is 0.0129. The Morgan fingerprint density at radius 3 is 2.52 bits per heavy atom. The largest absolute Gasteiger partial charge is 0.363 e. The number of allylic oxidation sites excluding steroid dienone is 1. The maximum Gasteiger partial charge on any atom is 0.266 e. The van der Waals surface area contributed by atoms with Crippen molar-refractivity contribution in [2.75, 3.05) is 18.5 Å². The van der Waals surface area contributed by atoms with Crippen molar-refractivity contribution in [1.29, 1.82) is 0 Å². The van der Waals surface area contributed by atoms with Crippen molar-refractivity contribution in [3.63, 3.8) is 0 Å². The van der Waals surface area contributed by atoms with Crippen LogP contribution in [-0.2, 0) is 4.79 Å². The van der Waals surface area contributed by atoms with Crippen LogP contribution < -0.4 is 4.90 Å². The fraction of sp³-hybridized carbons (Fsp3) is 0.308. The number of para-hydroxylation sites is 1. The molecule has 0 radical (unpaired) electrons. The molecule has 0 saturated carbocycles. The fourth-order valence-electron chi connectivity index (χ4n) is 4.38. The van der Waals surface area contributed by atoms with Gasteiger partial charge in [0.1, 0.15) is 0 Å². The highest BCUT2D eigenvalue weighted by atomic mass is 32.2. The molecule has 0 atom stereocenters. The van der Waals surface area contributed by atoms with E-state index in [-0.39, 0.29) is 11.4 Å². The van der Waals surface area contributed by atoms with Gasteiger partial charge in [0.05, 0.1) is 16.1 Å². The van der Waals surface area contributed by atoms with E-state index < -0.39 is 0 Å². The highest BCUT2D eigenvalue weighted by Crippen LogP contribution is 2.41. The monoisotopic (exact) mass is 431 g/mol. The van der Waals surface area contributed by atoms with Gasteiger partial charge in [0.15, 0.2) is 5.17 Å². The fourth-order valence-corrected chi connectivity index (χ4v) is 5.36. The molecule has 4 nitrogen and oxygen atoms in total. The van der Waals surface area contributed by atoms with E-state index in [0.29, 0.717) is 10.1 Å². The number of fused-ring (bicyclic) bond motifs is 1. The van der Waals surface area contributed by atoms with Crippen molar-refractivity contribution in [3.8, 4) is 0 Å². The zero-order valence-corrected chi connectivity index (χ0v) is 19.9. The van der Waals surface area contributed by atoms with Crippen molar-refractivity contribution in [1.82, 2.24) is 4.90 Å². The maximum atomic E-state index is 12.9. The number of aliphatic imine (C=N–C) groups is 1. The summed E-state index contributed by atoms with van der Waals surface area (Å²) in [6.45, 7) is 11.9. The smallest absolute Gasteiger partial charge is 0.266 e. The topological polar surface area (TPSA) is 35.9 Å². The minimum atomic E-state index is -0.0135. The van der Waals surface area contributed by atoms with Crippen molar-refractivity contribution in [2.24, 2.45) is 4.99 Å². The van der Waals surface area contributed by atoms with Gasteiger partial charge >= 0.3 is 0 Å². The van der Waals surface area contributed by atoms with E-state index in [2.05, 4.69) is 62.7 Å². The van der Waals surface area contributed by atoms with Gasteiger partial charge in [-0.3, -0.25) is 9.69 Å². The number of hydrogen-bond donors (Lipinski definition) is 0. The summed E-state index contributed by atoms with van der Waals surface area (Å²) in [6, 6.07) is 14.2. The Morgan fingerprint density at radius 2 is 1.84 bits per heavy atom. The first-order valence-corrected chi connectivity index (χ1v) is 11.5. The average Bonchev–Trinajstić information content (AvgIpc) is 2.97. The first-order chi connectivity index (χ1) is 14.7. The van der Waals surface area contributed by atoms with E-state index in [0.717, 1.165) is 17.8 Å². The molecule has 2 aromatic carbocycles. The summed E-state index contributed by atoms with van der Waals surface area (Å²) in [4.78, 5) is 22.3. The van der Waals surface area contributed by atoms with Crippen molar-refractivity contribution in [3.05, 3.63) is 70.1 Å². The number of amides is 1. The van der Waals surface area contributed by atoms with Gasteiger partial charge in [0.2, 0.25) is 0 Å². The molecule has 2 aliphatic heterocycles. The lowest BCUT2D eigenvalue weighted by Crippen LogP contribution is -2.44. The van der Waals surface area contributed by atoms with Crippen LogP contribution in [0.1, 0.15) is 44.4 Å². The van der Waals surface area contributed by atoms with Gasteiger partial charge in [-0.25, -0.2) is 4.99 Å². The molecule has 1 amide bonds. The van der Waals surface area contributed by atoms with Gasteiger partial charge in [0.25, 0.3) is 5.91 Å². The second kappa shape index (κ2) is 8.04. The summed E-state index contributed by atoms with van der Waals surface area (Å²) in [7, 11) is 1.78. The standard InChI is InChI=1S/C26H29N3OS/c1-7-29-22-13-17(2)19(14-21(22)18(3)16-26(29,4)5)15-23-24(30)28(6)25(31-23)27-20-11-9-8-10-12-20/h8-16H,7H2,1-6H3/b23-15+,27-25?. The number of benzene rings is 2. The Kier molecular flexibility index (Phi) is 5.56. The predicted octanol–water partition coefficient (Wildman–Crippen LogP) is 6.25. The van der Waals surface area contributed by atoms with Crippen LogP contribution in [0.4, 0.5) is 11.4 Å². The Hall–Kier alpha value is -2.79. The Bertz CT molecular complexity index is 1130. The van der Waals surface area contributed by atoms with Crippen LogP contribution in [0, 0.1) is 6.92 Å². The number of nitrogens with zero attached hydrogens (tertiary/aromatic N) is 3. The summed E-state index contributed by atoms with van der Waals surface area (Å²) < 4.78 is 0. The molecular weight excluding hydrogens is 402 g/mol. The number of likely N-dealkylation sites (N-methyl/N-ethyl adjacent to an activating group) is 2. The molecule has 1 saturated heterocycles. The quantitative estimate of drug-likeness (QED) is 0.539. The molecule has 2 heterocycles. The molecule has 0 unspecified atom stereocenters. The van der Waals surface area contributed by atoms with Crippen LogP contribution in [-0.4, -0.2) is 35.1 Å². The lowest BCUT2D eigenvalue weighted by Gasteiger charge is -2.43. The highest BCUT2D eigenvalue weighted by molar-refractivity contribution is 8.18. The third kappa shape index (κ3) is 3.94. The molecule has 2 aliphatic rings. The lowest BCUT2D eigenvalue weighted by molar-refractivity contribution is -0.121. The Morgan fingerprint density at radius 1 is 1.13 bits per heavy atom. The summed E-state index contributed by atoms with van der Waals surface area (Å²) in [5.74, 6) is -0.0135. The number of hydrogen-bond acceptors (Lipinski definition) is 4. The van der Waals surface area contributed by atoms with Crippen molar-refractivity contribution < 1.29 is 4.79 Å². The van der Waals surface area contributed by atoms with Crippen molar-refractivity contribution in [2.45, 2.75) is 40.2 Å². The zero-order chi connectivity index (χ0) is 22.3. The molecule has 0 aliphatic carbocycles. The molecule has 0 N–H and O–H groups in total. The number of amidine groups is 1. The van der Waals surface area contributed by atoms with Crippen LogP contribution in [0.25, 0.3) is 11.6 Å². The highest BCUT2D eigenvalue weighted by Gasteiger charge is 2.32. The molecule has 2 aromatic rings. The minimum Gasteiger partial charge on any atom is -0.363 e. The van der Waals surface area contributed by atoms with Gasteiger partial charge in [0, 0.05) is 24.8 Å². The molecule has 1 fully saturated rings. The average molecular weight is 432 g/mol. The third-order valence-corrected chi connectivity index (χ3v) is 7.01. The molecular formula is C26H29N3OS. The Labute approximate surface area is 189 Å². The van der Waals surface area contributed by atoms with Crippen LogP contribution >= 0.6 is 11.8 Å². The molecule has 0 bridgehead atoms. The van der Waals surface area contributed by atoms with Crippen LogP contribution in [0.15, 0.2) is 58.4 Å². The van der Waals surface area contributed by atoms with Crippen LogP contribution in [0.2, 0.25) is 0 Å².